The number of nitrogens with zero attached hydrogens (tertiary/aromatic N) is 1. The number of aliphatic hydroxyl groups is 2. The summed E-state index contributed by atoms with van der Waals surface area (Å²) in [6.07, 6.45) is 26.1. The van der Waals surface area contributed by atoms with E-state index in [2.05, 4.69) is 25.7 Å². The maximum atomic E-state index is 10.3. The molecule has 0 bridgehead atoms. The first kappa shape index (κ1) is 28.4. The lowest BCUT2D eigenvalue weighted by atomic mass is 9.52. The van der Waals surface area contributed by atoms with Crippen molar-refractivity contribution in [3.8, 4) is 0 Å². The van der Waals surface area contributed by atoms with Gasteiger partial charge in [0.25, 0.3) is 0 Å². The van der Waals surface area contributed by atoms with E-state index in [9.17, 15) is 10.2 Å². The summed E-state index contributed by atoms with van der Waals surface area (Å²) in [6.45, 7) is 7.64. The molecule has 5 fully saturated rings. The molecule has 3 heteroatoms. The zero-order chi connectivity index (χ0) is 26.0. The maximum absolute atomic E-state index is 10.3. The van der Waals surface area contributed by atoms with Crippen LogP contribution < -0.4 is 0 Å². The molecule has 0 amide bonds. The van der Waals surface area contributed by atoms with Crippen LogP contribution in [0.2, 0.25) is 0 Å². The highest BCUT2D eigenvalue weighted by Gasteiger charge is 2.50. The molecule has 0 aliphatic heterocycles. The van der Waals surface area contributed by atoms with Crippen molar-refractivity contribution >= 4 is 0 Å². The van der Waals surface area contributed by atoms with Crippen LogP contribution in [0.5, 0.6) is 0 Å². The van der Waals surface area contributed by atoms with Crippen LogP contribution in [0.25, 0.3) is 0 Å². The lowest BCUT2D eigenvalue weighted by molar-refractivity contribution is -0.0715. The van der Waals surface area contributed by atoms with Crippen molar-refractivity contribution < 1.29 is 10.2 Å². The molecule has 0 heterocycles. The number of aliphatic hydroxyl groups excluding tert-OH is 2. The van der Waals surface area contributed by atoms with Crippen LogP contribution >= 0.6 is 0 Å². The third-order valence-corrected chi connectivity index (χ3v) is 13.0. The lowest BCUT2D eigenvalue weighted by Gasteiger charge is -2.55. The van der Waals surface area contributed by atoms with Crippen LogP contribution in [0, 0.1) is 35.0 Å². The van der Waals surface area contributed by atoms with Gasteiger partial charge in [0, 0.05) is 18.1 Å². The molecule has 0 atom stereocenters. The van der Waals surface area contributed by atoms with Crippen molar-refractivity contribution in [2.24, 2.45) is 35.0 Å². The van der Waals surface area contributed by atoms with E-state index in [1.165, 1.54) is 103 Å². The standard InChI is InChI=1S/C34H61NO2/c1-24-4-14-29(15-5-24)35(30-16-6-25(2)7-17-30)31-18-8-26(9-19-31)34(3,27-10-20-32(36)21-11-27)28-12-22-33(37)23-13-28/h24-33,36-37H,4-23H2,1-3H3. The van der Waals surface area contributed by atoms with E-state index < -0.39 is 0 Å². The van der Waals surface area contributed by atoms with Crippen LogP contribution in [0.1, 0.15) is 149 Å². The van der Waals surface area contributed by atoms with Gasteiger partial charge in [0.1, 0.15) is 0 Å². The Morgan fingerprint density at radius 1 is 0.432 bits per heavy atom. The molecule has 0 aromatic rings. The molecule has 5 aliphatic rings. The van der Waals surface area contributed by atoms with Gasteiger partial charge in [-0.2, -0.15) is 0 Å². The van der Waals surface area contributed by atoms with Crippen LogP contribution in [0.15, 0.2) is 0 Å². The Bertz CT molecular complexity index is 626. The second-order valence-electron chi connectivity index (χ2n) is 15.2. The van der Waals surface area contributed by atoms with Gasteiger partial charge in [-0.1, -0.05) is 20.8 Å². The summed E-state index contributed by atoms with van der Waals surface area (Å²) in [5.41, 5.74) is 0.399. The minimum absolute atomic E-state index is 0.0607. The molecule has 0 aromatic heterocycles. The van der Waals surface area contributed by atoms with E-state index >= 15 is 0 Å². The summed E-state index contributed by atoms with van der Waals surface area (Å²) in [7, 11) is 0. The second kappa shape index (κ2) is 12.6. The van der Waals surface area contributed by atoms with Gasteiger partial charge in [-0.3, -0.25) is 4.90 Å². The zero-order valence-electron chi connectivity index (χ0n) is 24.8. The van der Waals surface area contributed by atoms with Crippen molar-refractivity contribution in [1.82, 2.24) is 4.90 Å². The number of hydrogen-bond acceptors (Lipinski definition) is 3. The maximum Gasteiger partial charge on any atom is 0.0540 e. The fraction of sp³-hybridized carbons (Fsp3) is 1.00. The molecule has 0 aromatic carbocycles. The van der Waals surface area contributed by atoms with E-state index in [-0.39, 0.29) is 12.2 Å². The summed E-state index contributed by atoms with van der Waals surface area (Å²) in [5, 5.41) is 20.6. The number of rotatable bonds is 6. The van der Waals surface area contributed by atoms with Gasteiger partial charge in [-0.15, -0.1) is 0 Å². The average Bonchev–Trinajstić information content (AvgIpc) is 2.92. The first-order valence-corrected chi connectivity index (χ1v) is 17.0. The molecule has 0 radical (unpaired) electrons. The largest absolute Gasteiger partial charge is 0.393 e. The Hall–Kier alpha value is -0.120. The monoisotopic (exact) mass is 515 g/mol. The Balaban J connectivity index is 1.29. The molecule has 37 heavy (non-hydrogen) atoms. The highest BCUT2D eigenvalue weighted by atomic mass is 16.3. The van der Waals surface area contributed by atoms with Crippen molar-refractivity contribution in [3.05, 3.63) is 0 Å². The molecule has 5 rings (SSSR count). The van der Waals surface area contributed by atoms with Gasteiger partial charge < -0.3 is 10.2 Å². The molecular formula is C34H61NO2. The fourth-order valence-electron chi connectivity index (χ4n) is 10.4. The summed E-state index contributed by atoms with van der Waals surface area (Å²) in [6, 6.07) is 2.52. The van der Waals surface area contributed by atoms with Gasteiger partial charge in [0.2, 0.25) is 0 Å². The van der Waals surface area contributed by atoms with Crippen LogP contribution in [-0.4, -0.2) is 45.4 Å². The van der Waals surface area contributed by atoms with E-state index in [1.807, 2.05) is 0 Å². The summed E-state index contributed by atoms with van der Waals surface area (Å²) in [5.74, 6) is 4.25. The number of hydrogen-bond donors (Lipinski definition) is 2. The third-order valence-electron chi connectivity index (χ3n) is 13.0. The van der Waals surface area contributed by atoms with E-state index in [1.54, 1.807) is 0 Å². The van der Waals surface area contributed by atoms with E-state index in [0.29, 0.717) is 5.41 Å². The van der Waals surface area contributed by atoms with Gasteiger partial charge in [0.05, 0.1) is 12.2 Å². The predicted molar refractivity (Wildman–Crippen MR) is 154 cm³/mol. The highest BCUT2D eigenvalue weighted by Crippen LogP contribution is 2.57. The van der Waals surface area contributed by atoms with Gasteiger partial charge in [-0.05, 0) is 163 Å². The molecule has 0 unspecified atom stereocenters. The molecule has 214 valence electrons. The lowest BCUT2D eigenvalue weighted by Crippen LogP contribution is -2.54. The Morgan fingerprint density at radius 2 is 0.703 bits per heavy atom. The van der Waals surface area contributed by atoms with Crippen molar-refractivity contribution in [3.63, 3.8) is 0 Å². The van der Waals surface area contributed by atoms with Crippen LogP contribution in [0.4, 0.5) is 0 Å². The molecule has 3 nitrogen and oxygen atoms in total. The Labute approximate surface area is 229 Å². The summed E-state index contributed by atoms with van der Waals surface area (Å²) < 4.78 is 0. The Morgan fingerprint density at radius 3 is 1.03 bits per heavy atom. The minimum atomic E-state index is -0.0607. The fourth-order valence-corrected chi connectivity index (χ4v) is 10.4. The predicted octanol–water partition coefficient (Wildman–Crippen LogP) is 8.11. The minimum Gasteiger partial charge on any atom is -0.393 e. The third kappa shape index (κ3) is 6.45. The van der Waals surface area contributed by atoms with Gasteiger partial charge in [0.15, 0.2) is 0 Å². The first-order valence-electron chi connectivity index (χ1n) is 17.0. The highest BCUT2D eigenvalue weighted by molar-refractivity contribution is 5.00. The second-order valence-corrected chi connectivity index (χ2v) is 15.2. The summed E-state index contributed by atoms with van der Waals surface area (Å²) >= 11 is 0. The molecule has 5 saturated carbocycles. The van der Waals surface area contributed by atoms with Crippen molar-refractivity contribution in [1.29, 1.82) is 0 Å². The molecule has 5 aliphatic carbocycles. The van der Waals surface area contributed by atoms with Crippen molar-refractivity contribution in [2.45, 2.75) is 180 Å². The SMILES string of the molecule is CC1CCC(N(C2CCC(C)CC2)C2CCC(C(C)(C3CCC(O)CC3)C3CCC(O)CC3)CC2)CC1. The first-order chi connectivity index (χ1) is 17.8. The summed E-state index contributed by atoms with van der Waals surface area (Å²) in [4.78, 5) is 3.15. The molecule has 2 N–H and O–H groups in total. The Kier molecular flexibility index (Phi) is 9.67. The van der Waals surface area contributed by atoms with Crippen molar-refractivity contribution in [2.75, 3.05) is 0 Å². The van der Waals surface area contributed by atoms with Crippen LogP contribution in [0.3, 0.4) is 0 Å². The average molecular weight is 516 g/mol. The molecular weight excluding hydrogens is 454 g/mol. The van der Waals surface area contributed by atoms with Gasteiger partial charge in [-0.25, -0.2) is 0 Å². The normalized spacial score (nSPS) is 45.9. The van der Waals surface area contributed by atoms with E-state index in [4.69, 9.17) is 0 Å². The van der Waals surface area contributed by atoms with Gasteiger partial charge >= 0.3 is 0 Å². The van der Waals surface area contributed by atoms with E-state index in [0.717, 1.165) is 73.4 Å². The molecule has 0 saturated heterocycles. The topological polar surface area (TPSA) is 43.7 Å². The van der Waals surface area contributed by atoms with Crippen LogP contribution in [-0.2, 0) is 0 Å². The smallest absolute Gasteiger partial charge is 0.0540 e. The quantitative estimate of drug-likeness (QED) is 0.375. The zero-order valence-corrected chi connectivity index (χ0v) is 24.8. The molecule has 0 spiro atoms.